The molecule has 2 nitrogen and oxygen atoms in total. The van der Waals surface area contributed by atoms with Gasteiger partial charge in [-0.25, -0.2) is 0 Å². The topological polar surface area (TPSA) is 46.2 Å². The summed E-state index contributed by atoms with van der Waals surface area (Å²) in [6.45, 7) is 3.66. The minimum absolute atomic E-state index is 0.0417. The van der Waals surface area contributed by atoms with Gasteiger partial charge < -0.3 is 10.8 Å². The van der Waals surface area contributed by atoms with Crippen LogP contribution in [0.3, 0.4) is 0 Å². The van der Waals surface area contributed by atoms with Gasteiger partial charge in [0.1, 0.15) is 0 Å². The Morgan fingerprint density at radius 3 is 2.14 bits per heavy atom. The SMILES string of the molecule is CC[C@H](N)[C@@H](C)O. The van der Waals surface area contributed by atoms with Gasteiger partial charge in [-0.05, 0) is 13.3 Å². The lowest BCUT2D eigenvalue weighted by atomic mass is 10.1. The predicted molar refractivity (Wildman–Crippen MR) is 29.9 cm³/mol. The first-order valence-electron chi connectivity index (χ1n) is 2.62. The van der Waals surface area contributed by atoms with E-state index in [2.05, 4.69) is 0 Å². The lowest BCUT2D eigenvalue weighted by Crippen LogP contribution is -2.31. The van der Waals surface area contributed by atoms with E-state index >= 15 is 0 Å². The van der Waals surface area contributed by atoms with E-state index in [1.807, 2.05) is 6.92 Å². The van der Waals surface area contributed by atoms with E-state index in [1.54, 1.807) is 6.92 Å². The molecule has 0 aromatic rings. The van der Waals surface area contributed by atoms with Crippen molar-refractivity contribution in [1.29, 1.82) is 0 Å². The van der Waals surface area contributed by atoms with Crippen molar-refractivity contribution in [3.8, 4) is 0 Å². The van der Waals surface area contributed by atoms with Gasteiger partial charge in [-0.3, -0.25) is 0 Å². The molecule has 0 heterocycles. The minimum atomic E-state index is -0.356. The molecule has 0 unspecified atom stereocenters. The number of hydrogen-bond donors (Lipinski definition) is 2. The van der Waals surface area contributed by atoms with E-state index in [1.165, 1.54) is 0 Å². The molecule has 0 bridgehead atoms. The highest BCUT2D eigenvalue weighted by molar-refractivity contribution is 4.63. The summed E-state index contributed by atoms with van der Waals surface area (Å²) >= 11 is 0. The van der Waals surface area contributed by atoms with Crippen LogP contribution in [0.15, 0.2) is 0 Å². The smallest absolute Gasteiger partial charge is 0.0662 e. The Bertz CT molecular complexity index is 45.3. The Balaban J connectivity index is 3.14. The van der Waals surface area contributed by atoms with Crippen LogP contribution >= 0.6 is 0 Å². The molecule has 44 valence electrons. The molecule has 0 saturated carbocycles. The summed E-state index contributed by atoms with van der Waals surface area (Å²) in [5, 5.41) is 8.70. The summed E-state index contributed by atoms with van der Waals surface area (Å²) in [6, 6.07) is -0.0417. The van der Waals surface area contributed by atoms with Gasteiger partial charge in [0.05, 0.1) is 6.10 Å². The molecule has 3 N–H and O–H groups in total. The molecule has 7 heavy (non-hydrogen) atoms. The maximum Gasteiger partial charge on any atom is 0.0662 e. The first-order valence-corrected chi connectivity index (χ1v) is 2.62. The molecular formula is C5H13NO. The Hall–Kier alpha value is -0.0800. The molecular weight excluding hydrogens is 90.1 g/mol. The summed E-state index contributed by atoms with van der Waals surface area (Å²) < 4.78 is 0. The first-order chi connectivity index (χ1) is 3.18. The van der Waals surface area contributed by atoms with Crippen LogP contribution in [0.25, 0.3) is 0 Å². The van der Waals surface area contributed by atoms with Crippen molar-refractivity contribution in [2.24, 2.45) is 5.73 Å². The van der Waals surface area contributed by atoms with Gasteiger partial charge in [0.15, 0.2) is 0 Å². The second-order valence-electron chi connectivity index (χ2n) is 1.81. The van der Waals surface area contributed by atoms with Gasteiger partial charge in [0.25, 0.3) is 0 Å². The summed E-state index contributed by atoms with van der Waals surface area (Å²) in [7, 11) is 0. The lowest BCUT2D eigenvalue weighted by molar-refractivity contribution is 0.161. The normalized spacial score (nSPS) is 18.9. The van der Waals surface area contributed by atoms with Gasteiger partial charge in [-0.15, -0.1) is 0 Å². The van der Waals surface area contributed by atoms with Gasteiger partial charge in [0.2, 0.25) is 0 Å². The minimum Gasteiger partial charge on any atom is -0.392 e. The lowest BCUT2D eigenvalue weighted by Gasteiger charge is -2.09. The second-order valence-corrected chi connectivity index (χ2v) is 1.81. The Labute approximate surface area is 44.3 Å². The average molecular weight is 103 g/mol. The van der Waals surface area contributed by atoms with Gasteiger partial charge >= 0.3 is 0 Å². The molecule has 2 atom stereocenters. The van der Waals surface area contributed by atoms with Crippen molar-refractivity contribution < 1.29 is 5.11 Å². The summed E-state index contributed by atoms with van der Waals surface area (Å²) in [4.78, 5) is 0. The molecule has 0 rings (SSSR count). The van der Waals surface area contributed by atoms with Crippen LogP contribution in [0.2, 0.25) is 0 Å². The third kappa shape index (κ3) is 2.60. The summed E-state index contributed by atoms with van der Waals surface area (Å²) in [5.41, 5.74) is 5.37. The largest absolute Gasteiger partial charge is 0.392 e. The van der Waals surface area contributed by atoms with E-state index in [0.717, 1.165) is 6.42 Å². The quantitative estimate of drug-likeness (QED) is 0.521. The van der Waals surface area contributed by atoms with Crippen molar-refractivity contribution in [2.45, 2.75) is 32.4 Å². The standard InChI is InChI=1S/C5H13NO/c1-3-5(6)4(2)7/h4-5,7H,3,6H2,1-2H3/t4-,5+/m1/s1. The molecule has 0 aliphatic carbocycles. The molecule has 0 aliphatic rings. The van der Waals surface area contributed by atoms with E-state index < -0.39 is 0 Å². The highest BCUT2D eigenvalue weighted by Crippen LogP contribution is 1.91. The average Bonchev–Trinajstić information content (AvgIpc) is 1.65. The van der Waals surface area contributed by atoms with E-state index in [-0.39, 0.29) is 12.1 Å². The fraction of sp³-hybridized carbons (Fsp3) is 1.00. The van der Waals surface area contributed by atoms with E-state index in [0.29, 0.717) is 0 Å². The van der Waals surface area contributed by atoms with Crippen molar-refractivity contribution in [2.75, 3.05) is 0 Å². The van der Waals surface area contributed by atoms with E-state index in [4.69, 9.17) is 10.8 Å². The molecule has 0 fully saturated rings. The van der Waals surface area contributed by atoms with Gasteiger partial charge in [-0.2, -0.15) is 0 Å². The fourth-order valence-corrected chi connectivity index (χ4v) is 0.341. The zero-order valence-corrected chi connectivity index (χ0v) is 4.89. The Kier molecular flexibility index (Phi) is 2.96. The van der Waals surface area contributed by atoms with Crippen LogP contribution in [-0.4, -0.2) is 17.3 Å². The molecule has 0 spiro atoms. The molecule has 0 aromatic carbocycles. The predicted octanol–water partition coefficient (Wildman–Crippen LogP) is 0.104. The van der Waals surface area contributed by atoms with Crippen molar-refractivity contribution >= 4 is 0 Å². The monoisotopic (exact) mass is 103 g/mol. The molecule has 2 heteroatoms. The van der Waals surface area contributed by atoms with Crippen LogP contribution in [0, 0.1) is 0 Å². The third-order valence-corrected chi connectivity index (χ3v) is 1.09. The first kappa shape index (κ1) is 6.92. The Morgan fingerprint density at radius 1 is 1.71 bits per heavy atom. The number of nitrogens with two attached hydrogens (primary N) is 1. The number of aliphatic hydroxyl groups is 1. The summed E-state index contributed by atoms with van der Waals surface area (Å²) in [6.07, 6.45) is 0.488. The Morgan fingerprint density at radius 2 is 2.14 bits per heavy atom. The van der Waals surface area contributed by atoms with Crippen LogP contribution in [0.1, 0.15) is 20.3 Å². The molecule has 0 aromatic heterocycles. The van der Waals surface area contributed by atoms with Crippen molar-refractivity contribution in [3.63, 3.8) is 0 Å². The van der Waals surface area contributed by atoms with Gasteiger partial charge in [0, 0.05) is 6.04 Å². The van der Waals surface area contributed by atoms with Crippen LogP contribution in [0.5, 0.6) is 0 Å². The van der Waals surface area contributed by atoms with Crippen LogP contribution < -0.4 is 5.73 Å². The van der Waals surface area contributed by atoms with E-state index in [9.17, 15) is 0 Å². The summed E-state index contributed by atoms with van der Waals surface area (Å²) in [5.74, 6) is 0. The van der Waals surface area contributed by atoms with Crippen LogP contribution in [-0.2, 0) is 0 Å². The molecule has 0 amide bonds. The maximum absolute atomic E-state index is 8.70. The number of aliphatic hydroxyl groups excluding tert-OH is 1. The second kappa shape index (κ2) is 2.99. The highest BCUT2D eigenvalue weighted by atomic mass is 16.3. The maximum atomic E-state index is 8.70. The zero-order valence-electron chi connectivity index (χ0n) is 4.89. The van der Waals surface area contributed by atoms with Crippen molar-refractivity contribution in [1.82, 2.24) is 0 Å². The van der Waals surface area contributed by atoms with Crippen LogP contribution in [0.4, 0.5) is 0 Å². The zero-order chi connectivity index (χ0) is 5.86. The highest BCUT2D eigenvalue weighted by Gasteiger charge is 2.03. The number of rotatable bonds is 2. The van der Waals surface area contributed by atoms with Gasteiger partial charge in [-0.1, -0.05) is 6.92 Å². The molecule has 0 aliphatic heterocycles. The number of hydrogen-bond acceptors (Lipinski definition) is 2. The molecule has 0 radical (unpaired) electrons. The fourth-order valence-electron chi connectivity index (χ4n) is 0.341. The third-order valence-electron chi connectivity index (χ3n) is 1.09. The molecule has 0 saturated heterocycles. The van der Waals surface area contributed by atoms with Crippen molar-refractivity contribution in [3.05, 3.63) is 0 Å².